The van der Waals surface area contributed by atoms with Gasteiger partial charge in [-0.15, -0.1) is 12.4 Å². The van der Waals surface area contributed by atoms with Gasteiger partial charge in [0.05, 0.1) is 49.2 Å². The number of benzene rings is 8. The van der Waals surface area contributed by atoms with E-state index >= 15 is 0 Å². The second-order valence-corrected chi connectivity index (χ2v) is 42.2. The van der Waals surface area contributed by atoms with E-state index in [1.807, 2.05) is 53.4 Å². The summed E-state index contributed by atoms with van der Waals surface area (Å²) in [7, 11) is -7.08. The Labute approximate surface area is 824 Å². The highest BCUT2D eigenvalue weighted by Crippen LogP contribution is 2.41. The fraction of sp³-hybridized carbons (Fsp3) is 0.393. The molecule has 0 spiro atoms. The highest BCUT2D eigenvalue weighted by Gasteiger charge is 2.45. The van der Waals surface area contributed by atoms with E-state index in [1.165, 1.54) is 16.3 Å². The molecule has 0 aliphatic carbocycles. The van der Waals surface area contributed by atoms with Crippen molar-refractivity contribution in [1.82, 2.24) is 59.7 Å². The third-order valence-electron chi connectivity index (χ3n) is 27.4. The number of sulfonamides is 2. The molecule has 11 heterocycles. The molecule has 5 N–H and O–H groups in total. The Morgan fingerprint density at radius 3 is 0.993 bits per heavy atom. The number of amides is 9. The van der Waals surface area contributed by atoms with Gasteiger partial charge in [-0.25, -0.2) is 16.8 Å². The van der Waals surface area contributed by atoms with Crippen molar-refractivity contribution >= 4 is 85.6 Å². The van der Waals surface area contributed by atoms with Gasteiger partial charge in [-0.3, -0.25) is 43.2 Å². The SMILES string of the molecule is C=C1CCC(N2Cc3c(OCc4ccc(C(=O)N5CCCCC5)cc4)cccc3C2=O)C(=O)N1.C=C1CCC(N2Cc3c(OCc4ccc(CNC(C)(C)C)cc4)cccc3C2=O)C(=O)N1.C=C1CCC(N2Cc3c(OCc4ccc(S(=O)(=O)N5CCC(C(C)C)CC5)cc4)cccc3C2=O)C(=O)N1.C=C1CCC(N2Cc3c(OCc4ccc(S(=O)(=O)N5CCOCC5)cc4)cccc3C2=O)C(=O)N1.Cl. The Morgan fingerprint density at radius 1 is 0.400 bits per heavy atom. The summed E-state index contributed by atoms with van der Waals surface area (Å²) in [5.41, 5.74) is 13.8. The third kappa shape index (κ3) is 23.4. The average molecular weight is 1960 g/mol. The molecule has 33 heteroatoms. The van der Waals surface area contributed by atoms with E-state index in [4.69, 9.17) is 23.7 Å². The molecule has 738 valence electrons. The van der Waals surface area contributed by atoms with Crippen molar-refractivity contribution in [2.45, 2.75) is 217 Å². The van der Waals surface area contributed by atoms with Crippen LogP contribution in [0.25, 0.3) is 0 Å². The monoisotopic (exact) mass is 1960 g/mol. The number of hydrogen-bond donors (Lipinski definition) is 5. The number of halogens is 1. The predicted octanol–water partition coefficient (Wildman–Crippen LogP) is 14.1. The Bertz CT molecular complexity index is 6310. The first-order valence-electron chi connectivity index (χ1n) is 47.9. The Hall–Kier alpha value is -12.8. The quantitative estimate of drug-likeness (QED) is 0.0375. The topological polar surface area (TPSA) is 351 Å². The lowest BCUT2D eigenvalue weighted by Gasteiger charge is -2.33. The zero-order valence-corrected chi connectivity index (χ0v) is 82.3. The molecule has 140 heavy (non-hydrogen) atoms. The van der Waals surface area contributed by atoms with Crippen LogP contribution in [0.1, 0.15) is 220 Å². The molecule has 11 aliphatic rings. The van der Waals surface area contributed by atoms with Crippen LogP contribution in [0.4, 0.5) is 0 Å². The zero-order chi connectivity index (χ0) is 98.1. The minimum atomic E-state index is -3.55. The molecule has 11 aliphatic heterocycles. The number of piperidine rings is 6. The van der Waals surface area contributed by atoms with Gasteiger partial charge in [-0.1, -0.05) is 125 Å². The summed E-state index contributed by atoms with van der Waals surface area (Å²) in [5, 5.41) is 14.5. The summed E-state index contributed by atoms with van der Waals surface area (Å²) < 4.78 is 84.5. The third-order valence-corrected chi connectivity index (χ3v) is 31.2. The van der Waals surface area contributed by atoms with E-state index in [0.717, 1.165) is 89.8 Å². The van der Waals surface area contributed by atoms with E-state index in [2.05, 4.69) is 112 Å². The molecule has 0 aromatic heterocycles. The smallest absolute Gasteiger partial charge is 0.255 e. The molecule has 19 rings (SSSR count). The molecule has 0 bridgehead atoms. The number of likely N-dealkylation sites (tertiary alicyclic amines) is 1. The van der Waals surface area contributed by atoms with Crippen LogP contribution < -0.4 is 45.5 Å². The number of ether oxygens (including phenoxy) is 5. The summed E-state index contributed by atoms with van der Waals surface area (Å²) in [6.45, 7) is 33.7. The van der Waals surface area contributed by atoms with Crippen LogP contribution in [0, 0.1) is 11.8 Å². The number of nitrogens with zero attached hydrogens (tertiary/aromatic N) is 7. The van der Waals surface area contributed by atoms with Crippen molar-refractivity contribution in [1.29, 1.82) is 0 Å². The van der Waals surface area contributed by atoms with Crippen LogP contribution in [0.2, 0.25) is 0 Å². The van der Waals surface area contributed by atoms with Crippen molar-refractivity contribution < 1.29 is 83.7 Å². The van der Waals surface area contributed by atoms with Gasteiger partial charge in [-0.2, -0.15) is 8.61 Å². The Balaban J connectivity index is 0.000000141. The van der Waals surface area contributed by atoms with Gasteiger partial charge in [0.2, 0.25) is 43.7 Å². The second-order valence-electron chi connectivity index (χ2n) is 38.4. The summed E-state index contributed by atoms with van der Waals surface area (Å²) in [5.74, 6) is 2.34. The fourth-order valence-corrected chi connectivity index (χ4v) is 22.1. The summed E-state index contributed by atoms with van der Waals surface area (Å²) in [6.07, 6.45) is 9.99. The number of hydrogen-bond acceptors (Lipinski definition) is 19. The molecule has 4 unspecified atom stereocenters. The van der Waals surface area contributed by atoms with Crippen molar-refractivity contribution in [2.24, 2.45) is 11.8 Å². The maximum atomic E-state index is 13.1. The first kappa shape index (κ1) is 102. The molecule has 0 radical (unpaired) electrons. The number of nitrogens with one attached hydrogen (secondary N) is 5. The number of carbonyl (C=O) groups excluding carboxylic acids is 9. The number of allylic oxidation sites excluding steroid dienone is 4. The Kier molecular flexibility index (Phi) is 32.2. The van der Waals surface area contributed by atoms with Gasteiger partial charge < -0.3 is 74.8 Å². The maximum Gasteiger partial charge on any atom is 0.255 e. The first-order valence-corrected chi connectivity index (χ1v) is 50.7. The van der Waals surface area contributed by atoms with Crippen molar-refractivity contribution in [3.05, 3.63) is 297 Å². The van der Waals surface area contributed by atoms with Crippen molar-refractivity contribution in [3.63, 3.8) is 0 Å². The minimum absolute atomic E-state index is 0. The zero-order valence-electron chi connectivity index (χ0n) is 79.9. The molecule has 8 aromatic rings. The molecule has 30 nitrogen and oxygen atoms in total. The highest BCUT2D eigenvalue weighted by molar-refractivity contribution is 7.89. The first-order chi connectivity index (χ1) is 66.7. The van der Waals surface area contributed by atoms with Gasteiger partial charge >= 0.3 is 0 Å². The van der Waals surface area contributed by atoms with Gasteiger partial charge in [0.15, 0.2) is 0 Å². The second kappa shape index (κ2) is 44.3. The van der Waals surface area contributed by atoms with Crippen LogP contribution >= 0.6 is 12.4 Å². The molecular weight excluding hydrogens is 1840 g/mol. The van der Waals surface area contributed by atoms with Crippen LogP contribution in [-0.2, 0) is 103 Å². The minimum Gasteiger partial charge on any atom is -0.489 e. The summed E-state index contributed by atoms with van der Waals surface area (Å²) >= 11 is 0. The van der Waals surface area contributed by atoms with Crippen LogP contribution in [0.3, 0.4) is 0 Å². The van der Waals surface area contributed by atoms with Gasteiger partial charge in [0.25, 0.3) is 29.5 Å². The largest absolute Gasteiger partial charge is 0.489 e. The van der Waals surface area contributed by atoms with Crippen molar-refractivity contribution in [2.75, 3.05) is 52.5 Å². The van der Waals surface area contributed by atoms with Crippen LogP contribution in [0.15, 0.2) is 229 Å². The molecule has 4 atom stereocenters. The molecule has 8 aromatic carbocycles. The molecular formula is C107H123ClN12O18S2. The van der Waals surface area contributed by atoms with E-state index in [0.29, 0.717) is 220 Å². The lowest BCUT2D eigenvalue weighted by molar-refractivity contribution is -0.127. The standard InChI is InChI=1S/C29H35N3O5S.C27H29N3O4.C26H31N3O3.C25H27N3O6S.ClH/c1-19(2)22-13-15-31(16-14-22)38(35,36)23-10-8-21(9-11-23)18-37-27-6-4-5-24-25(27)17-32(29(24)34)26-12-7-20(3)30-28(26)33;1-18-8-13-23(25(31)28-18)30-16-22-21(27(30)33)6-5-7-24(22)34-17-19-9-11-20(12-10-19)26(32)29-14-3-2-4-15-29;1-17-8-13-22(24(30)28-17)29-15-21-20(25(29)31)6-5-7-23(21)32-16-19-11-9-18(10-12-19)14-27-26(2,3)4;1-17-5-10-22(24(29)26-17)28-15-21-20(25(28)30)3-2-4-23(21)34-16-18-6-8-19(9-7-18)35(31,32)27-11-13-33-14-12-27;/h4-6,8-11,19,22,26H,3,7,12-18H2,1-2H3,(H,30,33);5-7,9-12,23H,1-4,8,13-17H2,(H,28,31);5-7,9-12,22,27H,1,8,13-16H2,2-4H3,(H,28,30);2-4,6-9,22H,1,5,10-16H2,(H,26,29);1H. The van der Waals surface area contributed by atoms with Gasteiger partial charge in [0.1, 0.15) is 73.6 Å². The molecule has 7 fully saturated rings. The Morgan fingerprint density at radius 2 is 0.693 bits per heavy atom. The van der Waals surface area contributed by atoms with E-state index in [9.17, 15) is 60.0 Å². The lowest BCUT2D eigenvalue weighted by Crippen LogP contribution is -2.49. The fourth-order valence-electron chi connectivity index (χ4n) is 19.3. The van der Waals surface area contributed by atoms with Gasteiger partial charge in [-0.05, 0) is 229 Å². The van der Waals surface area contributed by atoms with Crippen molar-refractivity contribution in [3.8, 4) is 23.0 Å². The molecule has 0 saturated carbocycles. The normalized spacial score (nSPS) is 20.1. The number of rotatable bonds is 24. The van der Waals surface area contributed by atoms with E-state index in [1.54, 1.807) is 121 Å². The lowest BCUT2D eigenvalue weighted by atomic mass is 9.87. The molecule has 7 saturated heterocycles. The summed E-state index contributed by atoms with van der Waals surface area (Å²) in [4.78, 5) is 123. The van der Waals surface area contributed by atoms with Crippen LogP contribution in [0.5, 0.6) is 23.0 Å². The number of morpholine rings is 1. The number of fused-ring (bicyclic) bond motifs is 4. The van der Waals surface area contributed by atoms with Gasteiger partial charge in [0, 0.05) is 124 Å². The molecule has 9 amide bonds. The van der Waals surface area contributed by atoms with E-state index in [-0.39, 0.29) is 89.2 Å². The summed E-state index contributed by atoms with van der Waals surface area (Å²) in [6, 6.07) is 48.9. The maximum absolute atomic E-state index is 13.1. The number of carbonyl (C=O) groups is 9. The highest BCUT2D eigenvalue weighted by atomic mass is 35.5. The average Bonchev–Trinajstić information content (AvgIpc) is 1.63. The van der Waals surface area contributed by atoms with Crippen LogP contribution in [-0.4, -0.2) is 185 Å². The van der Waals surface area contributed by atoms with E-state index < -0.39 is 44.2 Å². The predicted molar refractivity (Wildman–Crippen MR) is 529 cm³/mol.